The fraction of sp³-hybridized carbons (Fsp3) is 0.500. The van der Waals surface area contributed by atoms with Crippen LogP contribution in [-0.4, -0.2) is 59.4 Å². The number of H-pyrrole nitrogens is 1. The quantitative estimate of drug-likeness (QED) is 0.240. The number of azide groups is 1. The first kappa shape index (κ1) is 15.2. The van der Waals surface area contributed by atoms with Crippen LogP contribution in [-0.2, 0) is 4.74 Å². The molecule has 3 rings (SSSR count). The van der Waals surface area contributed by atoms with E-state index in [2.05, 4.69) is 25.0 Å². The number of aromatic amines is 1. The van der Waals surface area contributed by atoms with Gasteiger partial charge in [0, 0.05) is 4.91 Å². The average Bonchev–Trinajstić information content (AvgIpc) is 3.01. The molecule has 0 radical (unpaired) electrons. The van der Waals surface area contributed by atoms with E-state index in [0.717, 1.165) is 10.9 Å². The van der Waals surface area contributed by atoms with E-state index in [9.17, 15) is 20.1 Å². The number of aromatic nitrogens is 4. The molecule has 122 valence electrons. The molecule has 0 aromatic carbocycles. The van der Waals surface area contributed by atoms with Crippen LogP contribution in [0, 0.1) is 0 Å². The monoisotopic (exact) mass is 324 g/mol. The predicted molar refractivity (Wildman–Crippen MR) is 73.7 cm³/mol. The lowest BCUT2D eigenvalue weighted by Crippen LogP contribution is -2.45. The van der Waals surface area contributed by atoms with E-state index >= 15 is 0 Å². The van der Waals surface area contributed by atoms with Crippen LogP contribution in [0.15, 0.2) is 16.2 Å². The van der Waals surface area contributed by atoms with E-state index in [0.29, 0.717) is 0 Å². The van der Waals surface area contributed by atoms with Crippen molar-refractivity contribution < 1.29 is 20.1 Å². The van der Waals surface area contributed by atoms with Gasteiger partial charge >= 0.3 is 0 Å². The van der Waals surface area contributed by atoms with Gasteiger partial charge in [-0.05, 0) is 5.53 Å². The van der Waals surface area contributed by atoms with Gasteiger partial charge in [-0.3, -0.25) is 14.3 Å². The summed E-state index contributed by atoms with van der Waals surface area (Å²) in [7, 11) is 0. The van der Waals surface area contributed by atoms with Crippen molar-refractivity contribution >= 4 is 17.1 Å². The van der Waals surface area contributed by atoms with E-state index < -0.39 is 36.3 Å². The fourth-order valence-corrected chi connectivity index (χ4v) is 2.47. The standard InChI is InChI=1S/C10H12N8O5/c11-9-14-6-4(7(21)15-9)13-2-18(6)8-10(22,16-17-12)5(20)3(1-19)23-8/h2-3,5,8,19-20,22H,1H2,(H3,11,14,15,21)/t3-,5-,8-,10-/m1/s1. The molecule has 0 aliphatic carbocycles. The molecule has 2 aromatic rings. The first-order valence-corrected chi connectivity index (χ1v) is 6.37. The smallest absolute Gasteiger partial charge is 0.280 e. The Hall–Kier alpha value is -2.70. The van der Waals surface area contributed by atoms with E-state index in [1.54, 1.807) is 0 Å². The van der Waals surface area contributed by atoms with Crippen molar-refractivity contribution in [2.24, 2.45) is 5.11 Å². The van der Waals surface area contributed by atoms with Crippen LogP contribution < -0.4 is 11.3 Å². The summed E-state index contributed by atoms with van der Waals surface area (Å²) in [4.78, 5) is 24.2. The number of aliphatic hydroxyl groups is 3. The molecule has 0 spiro atoms. The van der Waals surface area contributed by atoms with E-state index in [1.165, 1.54) is 0 Å². The Labute approximate surface area is 126 Å². The minimum Gasteiger partial charge on any atom is -0.394 e. The van der Waals surface area contributed by atoms with Gasteiger partial charge in [0.25, 0.3) is 5.56 Å². The van der Waals surface area contributed by atoms with Crippen molar-refractivity contribution in [1.29, 1.82) is 0 Å². The van der Waals surface area contributed by atoms with Crippen molar-refractivity contribution in [2.75, 3.05) is 12.3 Å². The zero-order valence-corrected chi connectivity index (χ0v) is 11.4. The summed E-state index contributed by atoms with van der Waals surface area (Å²) in [5.74, 6) is -0.200. The van der Waals surface area contributed by atoms with Crippen LogP contribution in [0.4, 0.5) is 5.95 Å². The highest BCUT2D eigenvalue weighted by molar-refractivity contribution is 5.70. The molecule has 1 aliphatic rings. The Bertz CT molecular complexity index is 857. The highest BCUT2D eigenvalue weighted by atomic mass is 16.6. The zero-order valence-electron chi connectivity index (χ0n) is 11.4. The number of imidazole rings is 1. The van der Waals surface area contributed by atoms with Crippen LogP contribution in [0.2, 0.25) is 0 Å². The lowest BCUT2D eigenvalue weighted by atomic mass is 10.0. The minimum atomic E-state index is -2.44. The highest BCUT2D eigenvalue weighted by Crippen LogP contribution is 2.40. The Morgan fingerprint density at radius 2 is 2.39 bits per heavy atom. The van der Waals surface area contributed by atoms with Gasteiger partial charge in [0.05, 0.1) is 12.9 Å². The molecule has 0 amide bonds. The maximum absolute atomic E-state index is 11.8. The van der Waals surface area contributed by atoms with Crippen LogP contribution >= 0.6 is 0 Å². The third-order valence-electron chi connectivity index (χ3n) is 3.54. The van der Waals surface area contributed by atoms with Gasteiger partial charge in [-0.25, -0.2) is 4.98 Å². The Morgan fingerprint density at radius 3 is 3.04 bits per heavy atom. The molecule has 1 saturated heterocycles. The number of nitrogen functional groups attached to an aromatic ring is 1. The van der Waals surface area contributed by atoms with Crippen LogP contribution in [0.25, 0.3) is 21.6 Å². The van der Waals surface area contributed by atoms with Crippen molar-refractivity contribution in [3.8, 4) is 0 Å². The maximum atomic E-state index is 11.8. The van der Waals surface area contributed by atoms with Crippen molar-refractivity contribution in [3.05, 3.63) is 27.1 Å². The molecule has 13 heteroatoms. The number of nitrogens with one attached hydrogen (secondary N) is 1. The molecule has 1 fully saturated rings. The molecule has 0 bridgehead atoms. The van der Waals surface area contributed by atoms with Gasteiger partial charge in [-0.15, -0.1) is 0 Å². The molecule has 2 aromatic heterocycles. The lowest BCUT2D eigenvalue weighted by Gasteiger charge is -2.26. The molecule has 6 N–H and O–H groups in total. The molecular formula is C10H12N8O5. The molecule has 0 unspecified atom stereocenters. The molecule has 13 nitrogen and oxygen atoms in total. The van der Waals surface area contributed by atoms with E-state index in [-0.39, 0.29) is 17.1 Å². The summed E-state index contributed by atoms with van der Waals surface area (Å²) in [5.41, 5.74) is 10.9. The van der Waals surface area contributed by atoms with Gasteiger partial charge < -0.3 is 25.8 Å². The number of hydrogen-bond donors (Lipinski definition) is 5. The molecular weight excluding hydrogens is 312 g/mol. The lowest BCUT2D eigenvalue weighted by molar-refractivity contribution is -0.103. The minimum absolute atomic E-state index is 0.0476. The van der Waals surface area contributed by atoms with Crippen LogP contribution in [0.1, 0.15) is 6.23 Å². The third-order valence-corrected chi connectivity index (χ3v) is 3.54. The number of rotatable bonds is 3. The van der Waals surface area contributed by atoms with Gasteiger partial charge in [-0.1, -0.05) is 5.11 Å². The predicted octanol–water partition coefficient (Wildman–Crippen LogP) is -2.05. The Morgan fingerprint density at radius 1 is 1.65 bits per heavy atom. The van der Waals surface area contributed by atoms with Gasteiger partial charge in [0.1, 0.15) is 12.2 Å². The Kier molecular flexibility index (Phi) is 3.43. The highest BCUT2D eigenvalue weighted by Gasteiger charge is 2.56. The molecule has 0 saturated carbocycles. The zero-order chi connectivity index (χ0) is 16.8. The first-order valence-electron chi connectivity index (χ1n) is 6.37. The van der Waals surface area contributed by atoms with Gasteiger partial charge in [0.2, 0.25) is 11.7 Å². The normalized spacial score (nSPS) is 30.5. The molecule has 4 atom stereocenters. The summed E-state index contributed by atoms with van der Waals surface area (Å²) < 4.78 is 6.43. The summed E-state index contributed by atoms with van der Waals surface area (Å²) in [6.45, 7) is -0.635. The number of nitrogens with two attached hydrogens (primary N) is 1. The SMILES string of the molecule is [N-]=[N+]=N[C@@]1(O)[C@H](O)[C@@H](CO)O[C@H]1n1cnc2c(=O)[nH]c(N)nc21. The summed E-state index contributed by atoms with van der Waals surface area (Å²) in [5, 5.41) is 32.9. The summed E-state index contributed by atoms with van der Waals surface area (Å²) in [6.07, 6.45) is -3.27. The molecule has 3 heterocycles. The fourth-order valence-electron chi connectivity index (χ4n) is 2.47. The van der Waals surface area contributed by atoms with E-state index in [4.69, 9.17) is 16.0 Å². The van der Waals surface area contributed by atoms with Crippen LogP contribution in [0.5, 0.6) is 0 Å². The number of fused-ring (bicyclic) bond motifs is 1. The number of aliphatic hydroxyl groups excluding tert-OH is 2. The largest absolute Gasteiger partial charge is 0.394 e. The summed E-state index contributed by atoms with van der Waals surface area (Å²) >= 11 is 0. The molecule has 1 aliphatic heterocycles. The number of anilines is 1. The van der Waals surface area contributed by atoms with E-state index in [1.807, 2.05) is 0 Å². The van der Waals surface area contributed by atoms with Crippen molar-refractivity contribution in [3.63, 3.8) is 0 Å². The number of nitrogens with zero attached hydrogens (tertiary/aromatic N) is 6. The number of ether oxygens (including phenoxy) is 1. The second-order valence-corrected chi connectivity index (χ2v) is 4.90. The van der Waals surface area contributed by atoms with Crippen molar-refractivity contribution in [2.45, 2.75) is 24.2 Å². The number of hydrogen-bond acceptors (Lipinski definition) is 9. The van der Waals surface area contributed by atoms with Gasteiger partial charge in [0.15, 0.2) is 17.4 Å². The molecule has 23 heavy (non-hydrogen) atoms. The third kappa shape index (κ3) is 2.11. The summed E-state index contributed by atoms with van der Waals surface area (Å²) in [6, 6.07) is 0. The maximum Gasteiger partial charge on any atom is 0.280 e. The second kappa shape index (κ2) is 5.19. The first-order chi connectivity index (χ1) is 10.9. The van der Waals surface area contributed by atoms with Crippen LogP contribution in [0.3, 0.4) is 0 Å². The topological polar surface area (TPSA) is 208 Å². The Balaban J connectivity index is 2.20. The second-order valence-electron chi connectivity index (χ2n) is 4.90. The average molecular weight is 324 g/mol. The van der Waals surface area contributed by atoms with Crippen molar-refractivity contribution in [1.82, 2.24) is 19.5 Å². The van der Waals surface area contributed by atoms with Gasteiger partial charge in [-0.2, -0.15) is 4.98 Å².